The van der Waals surface area contributed by atoms with Gasteiger partial charge in [0.2, 0.25) is 0 Å². The fourth-order valence-corrected chi connectivity index (χ4v) is 3.91. The van der Waals surface area contributed by atoms with E-state index < -0.39 is 15.1 Å². The molecule has 3 nitrogen and oxygen atoms in total. The van der Waals surface area contributed by atoms with Crippen LogP contribution in [0.3, 0.4) is 0 Å². The average molecular weight is 260 g/mol. The highest BCUT2D eigenvalue weighted by Gasteiger charge is 2.55. The van der Waals surface area contributed by atoms with Gasteiger partial charge in [-0.15, -0.1) is 0 Å². The molecule has 5 heteroatoms. The zero-order valence-electron chi connectivity index (χ0n) is 8.93. The molecule has 1 aromatic rings. The molecule has 0 spiro atoms. The van der Waals surface area contributed by atoms with Crippen LogP contribution >= 0.6 is 11.6 Å². The summed E-state index contributed by atoms with van der Waals surface area (Å²) in [4.78, 5) is 0. The van der Waals surface area contributed by atoms with Gasteiger partial charge in [-0.1, -0.05) is 30.7 Å². The van der Waals surface area contributed by atoms with Crippen molar-refractivity contribution in [2.45, 2.75) is 24.1 Å². The molecule has 1 aliphatic carbocycles. The molecule has 3 atom stereocenters. The van der Waals surface area contributed by atoms with Crippen LogP contribution in [0.25, 0.3) is 0 Å². The first-order chi connectivity index (χ1) is 7.47. The predicted molar refractivity (Wildman–Crippen MR) is 65.4 cm³/mol. The lowest BCUT2D eigenvalue weighted by Gasteiger charge is -2.00. The number of nitrogens with two attached hydrogens (primary N) is 1. The lowest BCUT2D eigenvalue weighted by Crippen LogP contribution is -2.17. The molecule has 0 aromatic heterocycles. The van der Waals surface area contributed by atoms with Crippen molar-refractivity contribution in [1.82, 2.24) is 0 Å². The highest BCUT2D eigenvalue weighted by Crippen LogP contribution is 2.45. The molecule has 1 aromatic carbocycles. The van der Waals surface area contributed by atoms with Gasteiger partial charge < -0.3 is 5.73 Å². The normalized spacial score (nSPS) is 29.1. The number of benzene rings is 1. The summed E-state index contributed by atoms with van der Waals surface area (Å²) in [5.74, 6) is 0.0809. The van der Waals surface area contributed by atoms with Gasteiger partial charge in [0.1, 0.15) is 0 Å². The summed E-state index contributed by atoms with van der Waals surface area (Å²) in [6, 6.07) is 6.94. The molecule has 0 radical (unpaired) electrons. The molecule has 1 fully saturated rings. The van der Waals surface area contributed by atoms with E-state index in [1.165, 1.54) is 0 Å². The van der Waals surface area contributed by atoms with E-state index in [4.69, 9.17) is 17.3 Å². The minimum atomic E-state index is -3.04. The summed E-state index contributed by atoms with van der Waals surface area (Å²) in [5, 5.41) is 0.228. The van der Waals surface area contributed by atoms with E-state index >= 15 is 0 Å². The van der Waals surface area contributed by atoms with E-state index in [9.17, 15) is 8.42 Å². The van der Waals surface area contributed by atoms with Gasteiger partial charge in [-0.25, -0.2) is 8.42 Å². The van der Waals surface area contributed by atoms with Crippen LogP contribution in [0.4, 0.5) is 0 Å². The van der Waals surface area contributed by atoms with E-state index in [1.807, 2.05) is 12.1 Å². The molecule has 0 saturated heterocycles. The molecule has 2 rings (SSSR count). The minimum Gasteiger partial charge on any atom is -0.326 e. The Kier molecular flexibility index (Phi) is 2.99. The Labute approximate surface area is 101 Å². The maximum atomic E-state index is 11.7. The third-order valence-corrected chi connectivity index (χ3v) is 5.57. The third kappa shape index (κ3) is 1.97. The molecule has 0 unspecified atom stereocenters. The highest BCUT2D eigenvalue weighted by molar-refractivity contribution is 7.92. The first-order valence-corrected chi connectivity index (χ1v) is 7.29. The summed E-state index contributed by atoms with van der Waals surface area (Å²) >= 11 is 5.78. The molecule has 1 saturated carbocycles. The predicted octanol–water partition coefficient (Wildman–Crippen LogP) is 1.57. The topological polar surface area (TPSA) is 60.2 Å². The number of hydrogen-bond donors (Lipinski definition) is 1. The lowest BCUT2D eigenvalue weighted by molar-refractivity contribution is 0.594. The molecule has 16 heavy (non-hydrogen) atoms. The van der Waals surface area contributed by atoms with E-state index in [-0.39, 0.29) is 17.7 Å². The second-order valence-electron chi connectivity index (χ2n) is 4.07. The van der Waals surface area contributed by atoms with E-state index in [0.29, 0.717) is 5.02 Å². The van der Waals surface area contributed by atoms with E-state index in [0.717, 1.165) is 5.56 Å². The van der Waals surface area contributed by atoms with E-state index in [1.54, 1.807) is 19.1 Å². The fourth-order valence-electron chi connectivity index (χ4n) is 2.06. The van der Waals surface area contributed by atoms with Gasteiger partial charge in [-0.3, -0.25) is 0 Å². The Hall–Kier alpha value is -0.580. The summed E-state index contributed by atoms with van der Waals surface area (Å²) in [5.41, 5.74) is 6.79. The fraction of sp³-hybridized carbons (Fsp3) is 0.455. The SMILES string of the molecule is CCS(=O)(=O)[C@@H]1[C@@H](N)[C@@H]1c1ccc(Cl)cc1. The molecule has 0 amide bonds. The van der Waals surface area contributed by atoms with Gasteiger partial charge in [0.25, 0.3) is 0 Å². The quantitative estimate of drug-likeness (QED) is 0.896. The van der Waals surface area contributed by atoms with Crippen molar-refractivity contribution in [3.8, 4) is 0 Å². The van der Waals surface area contributed by atoms with Gasteiger partial charge in [0.15, 0.2) is 9.84 Å². The monoisotopic (exact) mass is 259 g/mol. The highest BCUT2D eigenvalue weighted by atomic mass is 35.5. The standard InChI is InChI=1S/C11H14ClNO2S/c1-2-16(14,15)11-9(10(11)13)7-3-5-8(12)6-4-7/h3-6,9-11H,2,13H2,1H3/t9-,10-,11-/m0/s1. The van der Waals surface area contributed by atoms with Gasteiger partial charge >= 0.3 is 0 Å². The number of sulfone groups is 1. The van der Waals surface area contributed by atoms with Crippen molar-refractivity contribution in [2.75, 3.05) is 5.75 Å². The van der Waals surface area contributed by atoms with Crippen LogP contribution in [0.1, 0.15) is 18.4 Å². The van der Waals surface area contributed by atoms with Crippen molar-refractivity contribution in [1.29, 1.82) is 0 Å². The van der Waals surface area contributed by atoms with Crippen molar-refractivity contribution in [2.24, 2.45) is 5.73 Å². The van der Waals surface area contributed by atoms with Crippen LogP contribution in [-0.4, -0.2) is 25.5 Å². The molecule has 0 heterocycles. The van der Waals surface area contributed by atoms with Crippen LogP contribution in [0.5, 0.6) is 0 Å². The maximum absolute atomic E-state index is 11.7. The molecule has 1 aliphatic rings. The summed E-state index contributed by atoms with van der Waals surface area (Å²) in [6.07, 6.45) is 0. The maximum Gasteiger partial charge on any atom is 0.155 e. The van der Waals surface area contributed by atoms with Crippen molar-refractivity contribution < 1.29 is 8.42 Å². The molecular formula is C11H14ClNO2S. The molecular weight excluding hydrogens is 246 g/mol. The van der Waals surface area contributed by atoms with Gasteiger partial charge in [0.05, 0.1) is 5.25 Å². The van der Waals surface area contributed by atoms with Gasteiger partial charge in [0, 0.05) is 22.7 Å². The van der Waals surface area contributed by atoms with Crippen LogP contribution < -0.4 is 5.73 Å². The van der Waals surface area contributed by atoms with Crippen molar-refractivity contribution in [3.63, 3.8) is 0 Å². The molecule has 88 valence electrons. The minimum absolute atomic E-state index is 0.0674. The Morgan fingerprint density at radius 2 is 1.88 bits per heavy atom. The molecule has 0 aliphatic heterocycles. The van der Waals surface area contributed by atoms with Crippen LogP contribution in [0.15, 0.2) is 24.3 Å². The van der Waals surface area contributed by atoms with Gasteiger partial charge in [-0.2, -0.15) is 0 Å². The number of rotatable bonds is 3. The zero-order valence-corrected chi connectivity index (χ0v) is 10.5. The summed E-state index contributed by atoms with van der Waals surface area (Å²) in [7, 11) is -3.04. The number of hydrogen-bond acceptors (Lipinski definition) is 3. The largest absolute Gasteiger partial charge is 0.326 e. The van der Waals surface area contributed by atoms with E-state index in [2.05, 4.69) is 0 Å². The second kappa shape index (κ2) is 4.02. The second-order valence-corrected chi connectivity index (χ2v) is 6.95. The Bertz CT molecular complexity index is 483. The first kappa shape index (κ1) is 11.9. The van der Waals surface area contributed by atoms with Gasteiger partial charge in [-0.05, 0) is 17.7 Å². The zero-order chi connectivity index (χ0) is 11.9. The van der Waals surface area contributed by atoms with Crippen LogP contribution in [0.2, 0.25) is 5.02 Å². The Balaban J connectivity index is 2.24. The Morgan fingerprint density at radius 3 is 2.38 bits per heavy atom. The third-order valence-electron chi connectivity index (χ3n) is 3.08. The summed E-state index contributed by atoms with van der Waals surface area (Å²) in [6.45, 7) is 1.65. The smallest absolute Gasteiger partial charge is 0.155 e. The van der Waals surface area contributed by atoms with Crippen molar-refractivity contribution in [3.05, 3.63) is 34.9 Å². The molecule has 0 bridgehead atoms. The van der Waals surface area contributed by atoms with Crippen LogP contribution in [-0.2, 0) is 9.84 Å². The molecule has 2 N–H and O–H groups in total. The summed E-state index contributed by atoms with van der Waals surface area (Å²) < 4.78 is 23.4. The van der Waals surface area contributed by atoms with Crippen LogP contribution in [0, 0.1) is 0 Å². The van der Waals surface area contributed by atoms with Crippen molar-refractivity contribution >= 4 is 21.4 Å². The number of halogens is 1. The lowest BCUT2D eigenvalue weighted by atomic mass is 10.1. The average Bonchev–Trinajstić information content (AvgIpc) is 2.92. The first-order valence-electron chi connectivity index (χ1n) is 5.20. The Morgan fingerprint density at radius 1 is 1.31 bits per heavy atom.